The highest BCUT2D eigenvalue weighted by Gasteiger charge is 2.36. The lowest BCUT2D eigenvalue weighted by molar-refractivity contribution is -0.137. The Hall–Kier alpha value is -4.75. The topological polar surface area (TPSA) is 197 Å². The van der Waals surface area contributed by atoms with Crippen LogP contribution in [0.2, 0.25) is 0 Å². The quantitative estimate of drug-likeness (QED) is 0.116. The molecule has 0 radical (unpaired) electrons. The number of ketones is 1. The van der Waals surface area contributed by atoms with Crippen molar-refractivity contribution in [3.05, 3.63) is 41.5 Å². The fraction of sp³-hybridized carbons (Fsp3) is 0.615. The van der Waals surface area contributed by atoms with Crippen LogP contribution < -0.4 is 21.7 Å². The minimum Gasteiger partial charge on any atom is -0.445 e. The summed E-state index contributed by atoms with van der Waals surface area (Å²) < 4.78 is 5.44. The first-order valence-corrected chi connectivity index (χ1v) is 18.7. The number of likely N-dealkylation sites (tertiary alicyclic amines) is 1. The van der Waals surface area contributed by atoms with Crippen LogP contribution in [0.3, 0.4) is 0 Å². The molecule has 2 aliphatic heterocycles. The molecule has 5 N–H and O–H groups in total. The van der Waals surface area contributed by atoms with Gasteiger partial charge in [-0.15, -0.1) is 0 Å². The number of nitrogens with zero attached hydrogens (tertiary/aromatic N) is 2. The Morgan fingerprint density at radius 3 is 2.28 bits per heavy atom. The molecule has 292 valence electrons. The molecule has 0 aliphatic carbocycles. The summed E-state index contributed by atoms with van der Waals surface area (Å²) in [5.41, 5.74) is 6.51. The summed E-state index contributed by atoms with van der Waals surface area (Å²) in [6.45, 7) is 13.4. The van der Waals surface area contributed by atoms with E-state index in [0.29, 0.717) is 56.0 Å². The highest BCUT2D eigenvalue weighted by Crippen LogP contribution is 2.31. The maximum absolute atomic E-state index is 13.6. The molecule has 0 bridgehead atoms. The minimum absolute atomic E-state index is 0.0982. The molecule has 1 saturated heterocycles. The molecule has 0 aromatic heterocycles. The molecule has 0 spiro atoms. The van der Waals surface area contributed by atoms with Crippen LogP contribution >= 0.6 is 0 Å². The van der Waals surface area contributed by atoms with Gasteiger partial charge in [0.1, 0.15) is 6.61 Å². The van der Waals surface area contributed by atoms with E-state index in [9.17, 15) is 33.6 Å². The van der Waals surface area contributed by atoms with Gasteiger partial charge in [0.2, 0.25) is 11.8 Å². The highest BCUT2D eigenvalue weighted by atomic mass is 16.6. The van der Waals surface area contributed by atoms with Crippen LogP contribution in [0.25, 0.3) is 0 Å². The Bertz CT molecular complexity index is 1520. The summed E-state index contributed by atoms with van der Waals surface area (Å²) in [7, 11) is 0. The third-order valence-electron chi connectivity index (χ3n) is 9.55. The highest BCUT2D eigenvalue weighted by molar-refractivity contribution is 6.16. The van der Waals surface area contributed by atoms with Gasteiger partial charge in [-0.3, -0.25) is 28.9 Å². The van der Waals surface area contributed by atoms with Crippen LogP contribution in [0, 0.1) is 23.2 Å². The van der Waals surface area contributed by atoms with E-state index in [0.717, 1.165) is 12.0 Å². The first-order chi connectivity index (χ1) is 25.0. The summed E-state index contributed by atoms with van der Waals surface area (Å²) in [6.07, 6.45) is 4.41. The van der Waals surface area contributed by atoms with Gasteiger partial charge in [0, 0.05) is 62.3 Å². The average Bonchev–Trinajstić information content (AvgIpc) is 3.65. The van der Waals surface area contributed by atoms with Crippen molar-refractivity contribution >= 4 is 47.2 Å². The summed E-state index contributed by atoms with van der Waals surface area (Å²) in [5.74, 6) is -2.07. The van der Waals surface area contributed by atoms with Crippen LogP contribution in [0.4, 0.5) is 15.3 Å². The smallest absolute Gasteiger partial charge is 0.410 e. The molecule has 3 atom stereocenters. The number of unbranched alkanes of at least 4 members (excludes halogenated alkanes) is 2. The van der Waals surface area contributed by atoms with Crippen molar-refractivity contribution in [3.63, 3.8) is 0 Å². The molecule has 0 saturated carbocycles. The molecule has 3 rings (SSSR count). The number of Topliss-reactive ketones (excluding diaryl/α,β-unsaturated/α-hetero) is 1. The molecule has 1 fully saturated rings. The number of nitrogens with two attached hydrogens (primary N) is 1. The van der Waals surface area contributed by atoms with Crippen LogP contribution in [-0.2, 0) is 35.3 Å². The lowest BCUT2D eigenvalue weighted by atomic mass is 9.86. The number of imide groups is 1. The average molecular weight is 739 g/mol. The first kappa shape index (κ1) is 42.7. The first-order valence-electron chi connectivity index (χ1n) is 18.7. The van der Waals surface area contributed by atoms with Crippen molar-refractivity contribution in [3.8, 4) is 0 Å². The molecule has 7 amide bonds. The van der Waals surface area contributed by atoms with Crippen molar-refractivity contribution in [2.45, 2.75) is 106 Å². The van der Waals surface area contributed by atoms with Crippen LogP contribution in [0.1, 0.15) is 98.5 Å². The van der Waals surface area contributed by atoms with Gasteiger partial charge in [-0.1, -0.05) is 60.1 Å². The molecule has 1 aromatic rings. The molecule has 2 heterocycles. The zero-order chi connectivity index (χ0) is 39.3. The molecule has 1 aromatic carbocycles. The third-order valence-corrected chi connectivity index (χ3v) is 9.55. The fourth-order valence-corrected chi connectivity index (χ4v) is 6.38. The number of anilines is 1. The number of amides is 7. The summed E-state index contributed by atoms with van der Waals surface area (Å²) in [5, 5.41) is 8.21. The van der Waals surface area contributed by atoms with Crippen LogP contribution in [0.5, 0.6) is 0 Å². The molecule has 14 heteroatoms. The van der Waals surface area contributed by atoms with E-state index in [2.05, 4.69) is 22.9 Å². The fourth-order valence-electron chi connectivity index (χ4n) is 6.38. The molecule has 0 unspecified atom stereocenters. The number of carbonyl (C=O) groups is 7. The van der Waals surface area contributed by atoms with Gasteiger partial charge in [-0.2, -0.15) is 0 Å². The number of nitrogens with one attached hydrogen (secondary N) is 3. The van der Waals surface area contributed by atoms with E-state index in [-0.39, 0.29) is 80.4 Å². The molecule has 14 nitrogen and oxygen atoms in total. The van der Waals surface area contributed by atoms with Crippen LogP contribution in [0.15, 0.2) is 35.9 Å². The van der Waals surface area contributed by atoms with Crippen molar-refractivity contribution in [2.24, 2.45) is 28.9 Å². The van der Waals surface area contributed by atoms with Gasteiger partial charge >= 0.3 is 12.1 Å². The number of ether oxygens (including phenoxy) is 1. The van der Waals surface area contributed by atoms with Crippen molar-refractivity contribution in [2.75, 3.05) is 31.5 Å². The molecular formula is C39H58N6O8. The zero-order valence-corrected chi connectivity index (χ0v) is 32.1. The second kappa shape index (κ2) is 19.9. The second-order valence-electron chi connectivity index (χ2n) is 15.6. The van der Waals surface area contributed by atoms with E-state index < -0.39 is 23.4 Å². The van der Waals surface area contributed by atoms with Gasteiger partial charge in [-0.25, -0.2) is 9.59 Å². The van der Waals surface area contributed by atoms with Crippen LogP contribution in [-0.4, -0.2) is 83.6 Å². The van der Waals surface area contributed by atoms with E-state index >= 15 is 0 Å². The Morgan fingerprint density at radius 1 is 1.00 bits per heavy atom. The number of hydrogen-bond acceptors (Lipinski definition) is 8. The van der Waals surface area contributed by atoms with Gasteiger partial charge in [0.05, 0.1) is 6.04 Å². The number of primary amides is 1. The third kappa shape index (κ3) is 13.6. The van der Waals surface area contributed by atoms with Gasteiger partial charge in [0.25, 0.3) is 11.8 Å². The summed E-state index contributed by atoms with van der Waals surface area (Å²) in [6, 6.07) is 5.41. The number of benzene rings is 1. The summed E-state index contributed by atoms with van der Waals surface area (Å²) in [4.78, 5) is 91.5. The van der Waals surface area contributed by atoms with E-state index in [4.69, 9.17) is 10.5 Å². The van der Waals surface area contributed by atoms with Gasteiger partial charge in [0.15, 0.2) is 5.78 Å². The van der Waals surface area contributed by atoms with Crippen molar-refractivity contribution < 1.29 is 38.3 Å². The number of rotatable bonds is 19. The maximum Gasteiger partial charge on any atom is 0.410 e. The number of hydrogen-bond donors (Lipinski definition) is 4. The molecule has 53 heavy (non-hydrogen) atoms. The number of carbonyl (C=O) groups excluding carboxylic acids is 7. The SMILES string of the molecule is CC(C)[C@H](NC(=O)CCCCCN1C(=O)C=C(C(C)(C)C)C1=O)C(=O)C[C@@H](CCCNC(N)=O)C(=O)Nc1ccc(COC(=O)N2CC[C@H](C)C2)cc1. The Morgan fingerprint density at radius 2 is 1.70 bits per heavy atom. The van der Waals surface area contributed by atoms with E-state index in [1.807, 2.05) is 34.6 Å². The lowest BCUT2D eigenvalue weighted by Crippen LogP contribution is -2.45. The second-order valence-corrected chi connectivity index (χ2v) is 15.6. The molecular weight excluding hydrogens is 680 g/mol. The van der Waals surface area contributed by atoms with Gasteiger partial charge in [-0.05, 0) is 67.1 Å². The van der Waals surface area contributed by atoms with E-state index in [1.54, 1.807) is 29.2 Å². The maximum atomic E-state index is 13.6. The summed E-state index contributed by atoms with van der Waals surface area (Å²) >= 11 is 0. The van der Waals surface area contributed by atoms with Crippen molar-refractivity contribution in [1.29, 1.82) is 0 Å². The largest absolute Gasteiger partial charge is 0.445 e. The predicted molar refractivity (Wildman–Crippen MR) is 200 cm³/mol. The lowest BCUT2D eigenvalue weighted by Gasteiger charge is -2.24. The Kier molecular flexibility index (Phi) is 16.0. The monoisotopic (exact) mass is 738 g/mol. The zero-order valence-electron chi connectivity index (χ0n) is 32.1. The Labute approximate surface area is 313 Å². The molecule has 2 aliphatic rings. The van der Waals surface area contributed by atoms with Crippen molar-refractivity contribution in [1.82, 2.24) is 20.4 Å². The standard InChI is InChI=1S/C39H58N6O8/c1-25(2)34(43-32(47)12-8-7-9-19-45-33(48)22-30(36(45)50)39(4,5)6)31(46)21-28(11-10-18-41-37(40)51)35(49)42-29-15-13-27(14-16-29)24-53-38(52)44-20-17-26(3)23-44/h13-16,22,25-26,28,34H,7-12,17-21,23-24H2,1-6H3,(H,42,49)(H,43,47)(H3,40,41,51)/t26-,28+,34-/m0/s1. The van der Waals surface area contributed by atoms with Gasteiger partial charge < -0.3 is 31.3 Å². The Balaban J connectivity index is 1.51. The number of urea groups is 1. The van der Waals surface area contributed by atoms with E-state index in [1.165, 1.54) is 11.0 Å². The minimum atomic E-state index is -0.811. The normalized spacial score (nSPS) is 17.0. The predicted octanol–water partition coefficient (Wildman–Crippen LogP) is 4.67.